The number of hydrogen-bond donors (Lipinski definition) is 0. The van der Waals surface area contributed by atoms with Gasteiger partial charge in [-0.15, -0.1) is 0 Å². The average Bonchev–Trinajstić information content (AvgIpc) is 2.38. The highest BCUT2D eigenvalue weighted by molar-refractivity contribution is 14.1. The maximum atomic E-state index is 10.6. The lowest BCUT2D eigenvalue weighted by molar-refractivity contribution is 0.111. The summed E-state index contributed by atoms with van der Waals surface area (Å²) in [5, 5.41) is 0.208. The van der Waals surface area contributed by atoms with E-state index in [4.69, 9.17) is 16.3 Å². The monoisotopic (exact) mass is 373 g/mol. The van der Waals surface area contributed by atoms with Gasteiger partial charge in [0.25, 0.3) is 0 Å². The Morgan fingerprint density at radius 1 is 1.33 bits per heavy atom. The molecule has 0 aliphatic carbocycles. The molecule has 0 bridgehead atoms. The topological polar surface area (TPSA) is 39.2 Å². The Labute approximate surface area is 123 Å². The van der Waals surface area contributed by atoms with Crippen LogP contribution < -0.4 is 4.74 Å². The lowest BCUT2D eigenvalue weighted by atomic mass is 10.2. The molecule has 0 spiro atoms. The molecule has 0 atom stereocenters. The second-order valence-corrected chi connectivity index (χ2v) is 5.06. The normalized spacial score (nSPS) is 10.1. The van der Waals surface area contributed by atoms with Gasteiger partial charge < -0.3 is 4.74 Å². The van der Waals surface area contributed by atoms with Gasteiger partial charge in [0.15, 0.2) is 17.2 Å². The van der Waals surface area contributed by atoms with Crippen LogP contribution in [0.5, 0.6) is 5.75 Å². The molecule has 0 fully saturated rings. The first-order valence-electron chi connectivity index (χ1n) is 5.18. The molecule has 92 valence electrons. The van der Waals surface area contributed by atoms with Gasteiger partial charge in [0, 0.05) is 0 Å². The molecule has 3 nitrogen and oxygen atoms in total. The predicted octanol–water partition coefficient (Wildman–Crippen LogP) is 3.73. The summed E-state index contributed by atoms with van der Waals surface area (Å²) in [6, 6.07) is 11.4. The van der Waals surface area contributed by atoms with Crippen molar-refractivity contribution in [3.8, 4) is 5.75 Å². The molecule has 0 radical (unpaired) electrons. The number of pyridine rings is 1. The highest BCUT2D eigenvalue weighted by atomic mass is 127. The van der Waals surface area contributed by atoms with Crippen molar-refractivity contribution in [1.82, 2.24) is 4.98 Å². The molecule has 0 aliphatic heterocycles. The minimum absolute atomic E-state index is 0.208. The molecule has 1 aromatic carbocycles. The molecule has 1 heterocycles. The van der Waals surface area contributed by atoms with Gasteiger partial charge in [-0.3, -0.25) is 4.79 Å². The summed E-state index contributed by atoms with van der Waals surface area (Å²) in [7, 11) is 0. The van der Waals surface area contributed by atoms with Crippen LogP contribution in [0.1, 0.15) is 16.1 Å². The molecule has 18 heavy (non-hydrogen) atoms. The summed E-state index contributed by atoms with van der Waals surface area (Å²) in [4.78, 5) is 14.6. The number of halogens is 2. The van der Waals surface area contributed by atoms with E-state index in [1.165, 1.54) is 0 Å². The number of rotatable bonds is 4. The fourth-order valence-corrected chi connectivity index (χ4v) is 2.55. The van der Waals surface area contributed by atoms with Gasteiger partial charge in [-0.25, -0.2) is 4.98 Å². The molecule has 0 unspecified atom stereocenters. The van der Waals surface area contributed by atoms with Crippen LogP contribution in [0.3, 0.4) is 0 Å². The van der Waals surface area contributed by atoms with E-state index >= 15 is 0 Å². The summed E-state index contributed by atoms with van der Waals surface area (Å²) in [5.74, 6) is 0.506. The zero-order valence-corrected chi connectivity index (χ0v) is 12.2. The average molecular weight is 374 g/mol. The summed E-state index contributed by atoms with van der Waals surface area (Å²) >= 11 is 8.05. The van der Waals surface area contributed by atoms with E-state index in [9.17, 15) is 4.79 Å². The van der Waals surface area contributed by atoms with Crippen molar-refractivity contribution in [2.75, 3.05) is 0 Å². The van der Waals surface area contributed by atoms with Gasteiger partial charge in [0.2, 0.25) is 0 Å². The van der Waals surface area contributed by atoms with Crippen molar-refractivity contribution in [3.63, 3.8) is 0 Å². The van der Waals surface area contributed by atoms with Crippen molar-refractivity contribution in [2.24, 2.45) is 0 Å². The highest BCUT2D eigenvalue weighted by Crippen LogP contribution is 2.29. The number of aromatic nitrogens is 1. The second-order valence-electron chi connectivity index (χ2n) is 3.54. The molecule has 0 saturated heterocycles. The SMILES string of the molecule is O=Cc1cc(I)c(OCc2ccccc2)c(Cl)n1. The van der Waals surface area contributed by atoms with E-state index in [1.807, 2.05) is 30.3 Å². The summed E-state index contributed by atoms with van der Waals surface area (Å²) in [6.07, 6.45) is 0.662. The summed E-state index contributed by atoms with van der Waals surface area (Å²) in [5.41, 5.74) is 1.35. The van der Waals surface area contributed by atoms with Crippen LogP contribution in [0.15, 0.2) is 36.4 Å². The van der Waals surface area contributed by atoms with Gasteiger partial charge in [0.05, 0.1) is 3.57 Å². The van der Waals surface area contributed by atoms with E-state index in [0.29, 0.717) is 24.3 Å². The van der Waals surface area contributed by atoms with Crippen LogP contribution in [0.2, 0.25) is 5.15 Å². The van der Waals surface area contributed by atoms with Crippen LogP contribution in [0.25, 0.3) is 0 Å². The first kappa shape index (κ1) is 13.3. The first-order chi connectivity index (χ1) is 8.70. The molecule has 1 aromatic heterocycles. The Bertz CT molecular complexity index is 537. The number of nitrogens with zero attached hydrogens (tertiary/aromatic N) is 1. The van der Waals surface area contributed by atoms with Crippen molar-refractivity contribution in [1.29, 1.82) is 0 Å². The third kappa shape index (κ3) is 3.20. The van der Waals surface area contributed by atoms with Crippen LogP contribution in [0.4, 0.5) is 0 Å². The summed E-state index contributed by atoms with van der Waals surface area (Å²) < 4.78 is 6.40. The van der Waals surface area contributed by atoms with Gasteiger partial charge >= 0.3 is 0 Å². The molecule has 2 aromatic rings. The molecule has 5 heteroatoms. The lowest BCUT2D eigenvalue weighted by Crippen LogP contribution is -2.00. The quantitative estimate of drug-likeness (QED) is 0.466. The standard InChI is InChI=1S/C13H9ClINO2/c14-13-12(11(15)6-10(7-17)16-13)18-8-9-4-2-1-3-5-9/h1-7H,8H2. The smallest absolute Gasteiger partial charge is 0.172 e. The third-order valence-electron chi connectivity index (χ3n) is 2.25. The lowest BCUT2D eigenvalue weighted by Gasteiger charge is -2.09. The Kier molecular flexibility index (Phi) is 4.54. The van der Waals surface area contributed by atoms with E-state index < -0.39 is 0 Å². The highest BCUT2D eigenvalue weighted by Gasteiger charge is 2.10. The molecular formula is C13H9ClINO2. The van der Waals surface area contributed by atoms with Crippen LogP contribution in [0, 0.1) is 3.57 Å². The van der Waals surface area contributed by atoms with Gasteiger partial charge in [-0.05, 0) is 34.2 Å². The van der Waals surface area contributed by atoms with Crippen LogP contribution in [-0.4, -0.2) is 11.3 Å². The number of benzene rings is 1. The fraction of sp³-hybridized carbons (Fsp3) is 0.0769. The third-order valence-corrected chi connectivity index (χ3v) is 3.31. The molecule has 0 aliphatic rings. The van der Waals surface area contributed by atoms with E-state index in [-0.39, 0.29) is 5.15 Å². The van der Waals surface area contributed by atoms with Crippen molar-refractivity contribution >= 4 is 40.5 Å². The molecular weight excluding hydrogens is 365 g/mol. The largest absolute Gasteiger partial charge is 0.485 e. The zero-order valence-electron chi connectivity index (χ0n) is 9.27. The van der Waals surface area contributed by atoms with Crippen LogP contribution in [-0.2, 0) is 6.61 Å². The number of carbonyl (C=O) groups excluding carboxylic acids is 1. The number of ether oxygens (including phenoxy) is 1. The molecule has 2 rings (SSSR count). The molecule has 0 N–H and O–H groups in total. The summed E-state index contributed by atoms with van der Waals surface area (Å²) in [6.45, 7) is 0.415. The zero-order chi connectivity index (χ0) is 13.0. The Morgan fingerprint density at radius 3 is 2.67 bits per heavy atom. The van der Waals surface area contributed by atoms with E-state index in [0.717, 1.165) is 9.13 Å². The van der Waals surface area contributed by atoms with Crippen molar-refractivity contribution < 1.29 is 9.53 Å². The predicted molar refractivity (Wildman–Crippen MR) is 78.1 cm³/mol. The number of carbonyl (C=O) groups is 1. The number of aldehydes is 1. The minimum Gasteiger partial charge on any atom is -0.485 e. The Hall–Kier alpha value is -1.14. The van der Waals surface area contributed by atoms with Crippen molar-refractivity contribution in [2.45, 2.75) is 6.61 Å². The van der Waals surface area contributed by atoms with Crippen LogP contribution >= 0.6 is 34.2 Å². The second kappa shape index (κ2) is 6.15. The minimum atomic E-state index is 0.208. The maximum absolute atomic E-state index is 10.6. The van der Waals surface area contributed by atoms with E-state index in [2.05, 4.69) is 27.6 Å². The fourth-order valence-electron chi connectivity index (χ4n) is 1.41. The molecule has 0 amide bonds. The first-order valence-corrected chi connectivity index (χ1v) is 6.64. The van der Waals surface area contributed by atoms with Crippen molar-refractivity contribution in [3.05, 3.63) is 56.4 Å². The van der Waals surface area contributed by atoms with Gasteiger partial charge in [-0.2, -0.15) is 0 Å². The van der Waals surface area contributed by atoms with E-state index in [1.54, 1.807) is 6.07 Å². The molecule has 0 saturated carbocycles. The Balaban J connectivity index is 2.17. The van der Waals surface area contributed by atoms with Gasteiger partial charge in [-0.1, -0.05) is 41.9 Å². The Morgan fingerprint density at radius 2 is 2.06 bits per heavy atom. The van der Waals surface area contributed by atoms with Gasteiger partial charge in [0.1, 0.15) is 12.3 Å². The maximum Gasteiger partial charge on any atom is 0.172 e. The number of hydrogen-bond acceptors (Lipinski definition) is 3.